The molecule has 0 atom stereocenters. The third kappa shape index (κ3) is 3.65. The SMILES string of the molecule is O=C(Nc1cccc2nccnc12)N1CCN(Cc2ccccc2)CC1. The van der Waals surface area contributed by atoms with Crippen LogP contribution < -0.4 is 5.32 Å². The molecule has 26 heavy (non-hydrogen) atoms. The summed E-state index contributed by atoms with van der Waals surface area (Å²) in [5.74, 6) is 0. The smallest absolute Gasteiger partial charge is 0.321 e. The largest absolute Gasteiger partial charge is 0.322 e. The number of nitrogens with zero attached hydrogens (tertiary/aromatic N) is 4. The number of fused-ring (bicyclic) bond motifs is 1. The van der Waals surface area contributed by atoms with Crippen molar-refractivity contribution in [2.75, 3.05) is 31.5 Å². The van der Waals surface area contributed by atoms with E-state index >= 15 is 0 Å². The zero-order chi connectivity index (χ0) is 17.8. The third-order valence-electron chi connectivity index (χ3n) is 4.65. The molecule has 0 spiro atoms. The van der Waals surface area contributed by atoms with Gasteiger partial charge in [0.25, 0.3) is 0 Å². The number of benzene rings is 2. The number of rotatable bonds is 3. The van der Waals surface area contributed by atoms with Gasteiger partial charge in [-0.15, -0.1) is 0 Å². The first-order valence-corrected chi connectivity index (χ1v) is 8.81. The molecule has 132 valence electrons. The number of urea groups is 1. The minimum absolute atomic E-state index is 0.0810. The Hall–Kier alpha value is -2.99. The van der Waals surface area contributed by atoms with Crippen LogP contribution >= 0.6 is 0 Å². The Morgan fingerprint density at radius 1 is 0.923 bits per heavy atom. The highest BCUT2D eigenvalue weighted by molar-refractivity contribution is 5.98. The van der Waals surface area contributed by atoms with Crippen LogP contribution in [-0.4, -0.2) is 52.0 Å². The molecule has 1 N–H and O–H groups in total. The van der Waals surface area contributed by atoms with Crippen molar-refractivity contribution in [2.45, 2.75) is 6.54 Å². The second-order valence-corrected chi connectivity index (χ2v) is 6.41. The Bertz CT molecular complexity index is 886. The summed E-state index contributed by atoms with van der Waals surface area (Å²) in [4.78, 5) is 25.5. The molecule has 0 unspecified atom stereocenters. The fraction of sp³-hybridized carbons (Fsp3) is 0.250. The Balaban J connectivity index is 1.36. The third-order valence-corrected chi connectivity index (χ3v) is 4.65. The van der Waals surface area contributed by atoms with Crippen LogP contribution in [-0.2, 0) is 6.54 Å². The molecule has 3 aromatic rings. The van der Waals surface area contributed by atoms with Crippen molar-refractivity contribution in [3.8, 4) is 0 Å². The fourth-order valence-corrected chi connectivity index (χ4v) is 3.24. The predicted molar refractivity (Wildman–Crippen MR) is 102 cm³/mol. The van der Waals surface area contributed by atoms with Crippen LogP contribution in [0.1, 0.15) is 5.56 Å². The topological polar surface area (TPSA) is 61.4 Å². The minimum Gasteiger partial charge on any atom is -0.322 e. The summed E-state index contributed by atoms with van der Waals surface area (Å²) >= 11 is 0. The van der Waals surface area contributed by atoms with Crippen molar-refractivity contribution in [1.82, 2.24) is 19.8 Å². The van der Waals surface area contributed by atoms with Crippen molar-refractivity contribution in [3.05, 3.63) is 66.5 Å². The van der Waals surface area contributed by atoms with E-state index < -0.39 is 0 Å². The maximum atomic E-state index is 12.6. The zero-order valence-corrected chi connectivity index (χ0v) is 14.5. The molecule has 1 fully saturated rings. The van der Waals surface area contributed by atoms with Gasteiger partial charge in [0.15, 0.2) is 0 Å². The van der Waals surface area contributed by atoms with Gasteiger partial charge in [-0.2, -0.15) is 0 Å². The molecule has 2 amide bonds. The highest BCUT2D eigenvalue weighted by Gasteiger charge is 2.21. The maximum absolute atomic E-state index is 12.6. The fourth-order valence-electron chi connectivity index (χ4n) is 3.24. The van der Waals surface area contributed by atoms with Crippen LogP contribution in [0.2, 0.25) is 0 Å². The number of carbonyl (C=O) groups excluding carboxylic acids is 1. The number of amides is 2. The van der Waals surface area contributed by atoms with Crippen LogP contribution in [0.3, 0.4) is 0 Å². The molecular weight excluding hydrogens is 326 g/mol. The number of carbonyl (C=O) groups is 1. The van der Waals surface area contributed by atoms with Crippen molar-refractivity contribution in [3.63, 3.8) is 0 Å². The van der Waals surface area contributed by atoms with Crippen LogP contribution in [0.25, 0.3) is 11.0 Å². The van der Waals surface area contributed by atoms with Gasteiger partial charge in [-0.1, -0.05) is 36.4 Å². The molecule has 0 radical (unpaired) electrons. The molecule has 6 heteroatoms. The van der Waals surface area contributed by atoms with E-state index in [1.54, 1.807) is 12.4 Å². The lowest BCUT2D eigenvalue weighted by atomic mass is 10.2. The van der Waals surface area contributed by atoms with Crippen LogP contribution in [0.4, 0.5) is 10.5 Å². The van der Waals surface area contributed by atoms with Gasteiger partial charge in [0.1, 0.15) is 5.52 Å². The lowest BCUT2D eigenvalue weighted by Gasteiger charge is -2.34. The van der Waals surface area contributed by atoms with Crippen molar-refractivity contribution < 1.29 is 4.79 Å². The van der Waals surface area contributed by atoms with E-state index in [-0.39, 0.29) is 6.03 Å². The summed E-state index contributed by atoms with van der Waals surface area (Å²) in [6.45, 7) is 4.11. The van der Waals surface area contributed by atoms with Crippen LogP contribution in [0, 0.1) is 0 Å². The highest BCUT2D eigenvalue weighted by atomic mass is 16.2. The lowest BCUT2D eigenvalue weighted by Crippen LogP contribution is -2.49. The van der Waals surface area contributed by atoms with Crippen LogP contribution in [0.5, 0.6) is 0 Å². The van der Waals surface area contributed by atoms with E-state index in [2.05, 4.69) is 44.5 Å². The van der Waals surface area contributed by atoms with Gasteiger partial charge in [-0.3, -0.25) is 14.9 Å². The molecule has 4 rings (SSSR count). The van der Waals surface area contributed by atoms with Crippen molar-refractivity contribution in [2.24, 2.45) is 0 Å². The Morgan fingerprint density at radius 3 is 2.50 bits per heavy atom. The number of hydrogen-bond acceptors (Lipinski definition) is 4. The number of para-hydroxylation sites is 1. The summed E-state index contributed by atoms with van der Waals surface area (Å²) in [5, 5.41) is 2.99. The second-order valence-electron chi connectivity index (χ2n) is 6.41. The maximum Gasteiger partial charge on any atom is 0.321 e. The molecule has 0 aliphatic carbocycles. The van der Waals surface area contributed by atoms with E-state index in [9.17, 15) is 4.79 Å². The first-order chi connectivity index (χ1) is 12.8. The Morgan fingerprint density at radius 2 is 1.69 bits per heavy atom. The zero-order valence-electron chi connectivity index (χ0n) is 14.5. The predicted octanol–water partition coefficient (Wildman–Crippen LogP) is 2.98. The average molecular weight is 347 g/mol. The van der Waals surface area contributed by atoms with E-state index in [0.717, 1.165) is 38.2 Å². The number of hydrogen-bond donors (Lipinski definition) is 1. The summed E-state index contributed by atoms with van der Waals surface area (Å²) in [7, 11) is 0. The van der Waals surface area contributed by atoms with E-state index in [1.165, 1.54) is 5.56 Å². The van der Waals surface area contributed by atoms with Gasteiger partial charge in [0, 0.05) is 45.1 Å². The quantitative estimate of drug-likeness (QED) is 0.791. The van der Waals surface area contributed by atoms with Gasteiger partial charge in [-0.05, 0) is 17.7 Å². The summed E-state index contributed by atoms with van der Waals surface area (Å²) in [6, 6.07) is 16.0. The summed E-state index contributed by atoms with van der Waals surface area (Å²) < 4.78 is 0. The highest BCUT2D eigenvalue weighted by Crippen LogP contribution is 2.19. The first-order valence-electron chi connectivity index (χ1n) is 8.81. The Kier molecular flexibility index (Phi) is 4.75. The molecule has 2 heterocycles. The first kappa shape index (κ1) is 16.5. The average Bonchev–Trinajstić information content (AvgIpc) is 2.70. The van der Waals surface area contributed by atoms with Crippen LogP contribution in [0.15, 0.2) is 60.9 Å². The summed E-state index contributed by atoms with van der Waals surface area (Å²) in [6.07, 6.45) is 3.29. The second kappa shape index (κ2) is 7.49. The molecule has 1 saturated heterocycles. The number of anilines is 1. The monoisotopic (exact) mass is 347 g/mol. The molecule has 0 saturated carbocycles. The lowest BCUT2D eigenvalue weighted by molar-refractivity contribution is 0.143. The molecule has 0 bridgehead atoms. The van der Waals surface area contributed by atoms with E-state index in [1.807, 2.05) is 29.2 Å². The van der Waals surface area contributed by atoms with E-state index in [0.29, 0.717) is 11.2 Å². The van der Waals surface area contributed by atoms with Crippen molar-refractivity contribution in [1.29, 1.82) is 0 Å². The van der Waals surface area contributed by atoms with E-state index in [4.69, 9.17) is 0 Å². The van der Waals surface area contributed by atoms with Gasteiger partial charge in [0.2, 0.25) is 0 Å². The minimum atomic E-state index is -0.0810. The molecule has 1 aliphatic rings. The van der Waals surface area contributed by atoms with Crippen molar-refractivity contribution >= 4 is 22.8 Å². The van der Waals surface area contributed by atoms with Gasteiger partial charge < -0.3 is 10.2 Å². The molecule has 6 nitrogen and oxygen atoms in total. The number of nitrogens with one attached hydrogen (secondary N) is 1. The van der Waals surface area contributed by atoms with Gasteiger partial charge >= 0.3 is 6.03 Å². The molecule has 1 aromatic heterocycles. The number of aromatic nitrogens is 2. The standard InChI is InChI=1S/C20H21N5O/c26-20(23-18-8-4-7-17-19(18)22-10-9-21-17)25-13-11-24(12-14-25)15-16-5-2-1-3-6-16/h1-10H,11-15H2,(H,23,26). The molecule has 1 aliphatic heterocycles. The molecular formula is C20H21N5O. The summed E-state index contributed by atoms with van der Waals surface area (Å²) in [5.41, 5.74) is 3.50. The van der Waals surface area contributed by atoms with Gasteiger partial charge in [-0.25, -0.2) is 4.79 Å². The normalized spacial score (nSPS) is 15.2. The Labute approximate surface area is 152 Å². The number of piperazine rings is 1. The van der Waals surface area contributed by atoms with Gasteiger partial charge in [0.05, 0.1) is 11.2 Å². The molecule has 2 aromatic carbocycles.